The van der Waals surface area contributed by atoms with Gasteiger partial charge in [-0.2, -0.15) is 4.37 Å². The van der Waals surface area contributed by atoms with Crippen LogP contribution in [-0.2, 0) is 19.5 Å². The summed E-state index contributed by atoms with van der Waals surface area (Å²) in [6.45, 7) is 2.73. The Bertz CT molecular complexity index is 630. The Kier molecular flexibility index (Phi) is 4.03. The first-order valence-corrected chi connectivity index (χ1v) is 7.66. The molecule has 0 atom stereocenters. The molecule has 0 fully saturated rings. The largest absolute Gasteiger partial charge is 0.480 e. The summed E-state index contributed by atoms with van der Waals surface area (Å²) >= 11 is 1.46. The summed E-state index contributed by atoms with van der Waals surface area (Å²) in [5.41, 5.74) is 2.41. The predicted octanol–water partition coefficient (Wildman–Crippen LogP) is 1.57. The van der Waals surface area contributed by atoms with Crippen LogP contribution in [0.15, 0.2) is 12.4 Å². The molecule has 6 nitrogen and oxygen atoms in total. The van der Waals surface area contributed by atoms with Crippen molar-refractivity contribution >= 4 is 17.4 Å². The normalized spacial score (nSPS) is 14.8. The van der Waals surface area contributed by atoms with E-state index in [1.807, 2.05) is 6.07 Å². The second-order valence-electron chi connectivity index (χ2n) is 5.30. The zero-order valence-corrected chi connectivity index (χ0v) is 13.4. The Balaban J connectivity index is 1.82. The quantitative estimate of drug-likeness (QED) is 0.854. The van der Waals surface area contributed by atoms with Gasteiger partial charge in [0.1, 0.15) is 12.1 Å². The SMILES string of the molecule is COc1cc(CN(C)c2ncnc3c2CN(C)CC3)sn1. The third-order valence-corrected chi connectivity index (χ3v) is 4.42. The van der Waals surface area contributed by atoms with E-state index in [-0.39, 0.29) is 0 Å². The maximum absolute atomic E-state index is 5.14. The van der Waals surface area contributed by atoms with Crippen LogP contribution in [0.5, 0.6) is 5.88 Å². The highest BCUT2D eigenvalue weighted by Crippen LogP contribution is 2.26. The van der Waals surface area contributed by atoms with Crippen LogP contribution in [0.25, 0.3) is 0 Å². The lowest BCUT2D eigenvalue weighted by Crippen LogP contribution is -2.30. The molecule has 0 bridgehead atoms. The molecule has 21 heavy (non-hydrogen) atoms. The van der Waals surface area contributed by atoms with E-state index in [1.54, 1.807) is 13.4 Å². The van der Waals surface area contributed by atoms with Crippen LogP contribution >= 0.6 is 11.5 Å². The number of anilines is 1. The number of nitrogens with zero attached hydrogens (tertiary/aromatic N) is 5. The Hall–Kier alpha value is -1.73. The topological polar surface area (TPSA) is 54.4 Å². The molecule has 2 aromatic heterocycles. The first kappa shape index (κ1) is 14.2. The summed E-state index contributed by atoms with van der Waals surface area (Å²) in [5.74, 6) is 1.69. The first-order chi connectivity index (χ1) is 10.2. The fourth-order valence-corrected chi connectivity index (χ4v) is 3.30. The third kappa shape index (κ3) is 2.98. The number of hydrogen-bond donors (Lipinski definition) is 0. The van der Waals surface area contributed by atoms with Gasteiger partial charge in [-0.1, -0.05) is 0 Å². The predicted molar refractivity (Wildman–Crippen MR) is 82.8 cm³/mol. The van der Waals surface area contributed by atoms with Crippen molar-refractivity contribution in [3.63, 3.8) is 0 Å². The zero-order valence-electron chi connectivity index (χ0n) is 12.5. The van der Waals surface area contributed by atoms with Crippen LogP contribution < -0.4 is 9.64 Å². The highest BCUT2D eigenvalue weighted by atomic mass is 32.1. The van der Waals surface area contributed by atoms with Gasteiger partial charge in [-0.25, -0.2) is 9.97 Å². The monoisotopic (exact) mass is 305 g/mol. The van der Waals surface area contributed by atoms with Crippen molar-refractivity contribution < 1.29 is 4.74 Å². The van der Waals surface area contributed by atoms with E-state index in [0.29, 0.717) is 5.88 Å². The van der Waals surface area contributed by atoms with E-state index >= 15 is 0 Å². The van der Waals surface area contributed by atoms with Crippen LogP contribution in [-0.4, -0.2) is 47.0 Å². The van der Waals surface area contributed by atoms with Gasteiger partial charge in [-0.3, -0.25) is 0 Å². The molecule has 1 aliphatic heterocycles. The standard InChI is InChI=1S/C14H19N5OS/c1-18-5-4-12-11(8-18)14(16-9-15-12)19(2)7-10-6-13(20-3)17-21-10/h6,9H,4-5,7-8H2,1-3H3. The number of methoxy groups -OCH3 is 1. The maximum Gasteiger partial charge on any atom is 0.225 e. The van der Waals surface area contributed by atoms with Gasteiger partial charge in [0.15, 0.2) is 0 Å². The minimum atomic E-state index is 0.674. The Morgan fingerprint density at radius 3 is 3.05 bits per heavy atom. The summed E-state index contributed by atoms with van der Waals surface area (Å²) in [5, 5.41) is 0. The van der Waals surface area contributed by atoms with E-state index in [0.717, 1.165) is 36.8 Å². The Morgan fingerprint density at radius 1 is 1.43 bits per heavy atom. The lowest BCUT2D eigenvalue weighted by atomic mass is 10.1. The molecule has 0 spiro atoms. The van der Waals surface area contributed by atoms with Crippen LogP contribution in [0.3, 0.4) is 0 Å². The van der Waals surface area contributed by atoms with Crippen LogP contribution in [0.4, 0.5) is 5.82 Å². The van der Waals surface area contributed by atoms with Crippen molar-refractivity contribution in [2.45, 2.75) is 19.5 Å². The average Bonchev–Trinajstić information content (AvgIpc) is 2.94. The Labute approximate surface area is 128 Å². The summed E-state index contributed by atoms with van der Waals surface area (Å²) in [4.78, 5) is 14.5. The van der Waals surface area contributed by atoms with Crippen molar-refractivity contribution in [2.75, 3.05) is 32.6 Å². The van der Waals surface area contributed by atoms with Crippen molar-refractivity contribution in [2.24, 2.45) is 0 Å². The van der Waals surface area contributed by atoms with Crippen molar-refractivity contribution in [1.29, 1.82) is 0 Å². The fraction of sp³-hybridized carbons (Fsp3) is 0.500. The van der Waals surface area contributed by atoms with Crippen molar-refractivity contribution in [3.05, 3.63) is 28.5 Å². The summed E-state index contributed by atoms with van der Waals surface area (Å²) in [6, 6.07) is 1.97. The molecule has 0 radical (unpaired) electrons. The van der Waals surface area contributed by atoms with E-state index in [1.165, 1.54) is 22.8 Å². The molecular formula is C14H19N5OS. The molecule has 3 rings (SSSR count). The molecule has 0 N–H and O–H groups in total. The summed E-state index contributed by atoms with van der Waals surface area (Å²) < 4.78 is 9.37. The fourth-order valence-electron chi connectivity index (χ4n) is 2.56. The summed E-state index contributed by atoms with van der Waals surface area (Å²) in [6.07, 6.45) is 2.66. The number of fused-ring (bicyclic) bond motifs is 1. The van der Waals surface area contributed by atoms with Gasteiger partial charge in [0.25, 0.3) is 0 Å². The molecule has 7 heteroatoms. The van der Waals surface area contributed by atoms with Crippen molar-refractivity contribution in [1.82, 2.24) is 19.2 Å². The lowest BCUT2D eigenvalue weighted by Gasteiger charge is -2.28. The summed E-state index contributed by atoms with van der Waals surface area (Å²) in [7, 11) is 5.83. The molecule has 0 saturated carbocycles. The lowest BCUT2D eigenvalue weighted by molar-refractivity contribution is 0.309. The van der Waals surface area contributed by atoms with Crippen LogP contribution in [0.1, 0.15) is 16.1 Å². The highest BCUT2D eigenvalue weighted by Gasteiger charge is 2.21. The van der Waals surface area contributed by atoms with E-state index in [4.69, 9.17) is 4.74 Å². The maximum atomic E-state index is 5.14. The molecule has 3 heterocycles. The number of rotatable bonds is 4. The second-order valence-corrected chi connectivity index (χ2v) is 6.19. The van der Waals surface area contributed by atoms with Gasteiger partial charge in [0.05, 0.1) is 19.3 Å². The highest BCUT2D eigenvalue weighted by molar-refractivity contribution is 7.05. The van der Waals surface area contributed by atoms with Gasteiger partial charge in [-0.15, -0.1) is 0 Å². The number of ether oxygens (including phenoxy) is 1. The zero-order chi connectivity index (χ0) is 14.8. The second kappa shape index (κ2) is 5.95. The molecule has 1 aliphatic rings. The molecule has 2 aromatic rings. The van der Waals surface area contributed by atoms with Gasteiger partial charge in [-0.05, 0) is 18.6 Å². The van der Waals surface area contributed by atoms with E-state index in [9.17, 15) is 0 Å². The van der Waals surface area contributed by atoms with E-state index in [2.05, 4.69) is 38.2 Å². The first-order valence-electron chi connectivity index (χ1n) is 6.89. The number of aromatic nitrogens is 3. The van der Waals surface area contributed by atoms with Gasteiger partial charge in [0, 0.05) is 43.1 Å². The molecule has 0 aliphatic carbocycles. The van der Waals surface area contributed by atoms with Crippen LogP contribution in [0, 0.1) is 0 Å². The molecule has 112 valence electrons. The van der Waals surface area contributed by atoms with Crippen LogP contribution in [0.2, 0.25) is 0 Å². The molecule has 0 amide bonds. The molecule has 0 saturated heterocycles. The average molecular weight is 305 g/mol. The Morgan fingerprint density at radius 2 is 2.29 bits per heavy atom. The van der Waals surface area contributed by atoms with Gasteiger partial charge >= 0.3 is 0 Å². The van der Waals surface area contributed by atoms with Crippen molar-refractivity contribution in [3.8, 4) is 5.88 Å². The molecular weight excluding hydrogens is 286 g/mol. The van der Waals surface area contributed by atoms with Gasteiger partial charge < -0.3 is 14.5 Å². The smallest absolute Gasteiger partial charge is 0.225 e. The number of hydrogen-bond acceptors (Lipinski definition) is 7. The third-order valence-electron chi connectivity index (χ3n) is 3.67. The number of likely N-dealkylation sites (N-methyl/N-ethyl adjacent to an activating group) is 1. The van der Waals surface area contributed by atoms with Gasteiger partial charge in [0.2, 0.25) is 5.88 Å². The minimum Gasteiger partial charge on any atom is -0.480 e. The van der Waals surface area contributed by atoms with E-state index < -0.39 is 0 Å². The minimum absolute atomic E-state index is 0.674. The molecule has 0 aromatic carbocycles. The molecule has 0 unspecified atom stereocenters.